The van der Waals surface area contributed by atoms with Crippen molar-refractivity contribution in [3.8, 4) is 0 Å². The van der Waals surface area contributed by atoms with E-state index in [0.717, 1.165) is 43.4 Å². The van der Waals surface area contributed by atoms with Gasteiger partial charge in [0.25, 0.3) is 0 Å². The number of furan rings is 1. The van der Waals surface area contributed by atoms with Crippen molar-refractivity contribution in [2.45, 2.75) is 69.9 Å². The van der Waals surface area contributed by atoms with E-state index in [2.05, 4.69) is 5.32 Å². The molecule has 2 heterocycles. The fourth-order valence-electron chi connectivity index (χ4n) is 4.61. The fourth-order valence-corrected chi connectivity index (χ4v) is 4.61. The smallest absolute Gasteiger partial charge is 0.354 e. The van der Waals surface area contributed by atoms with E-state index in [9.17, 15) is 9.59 Å². The van der Waals surface area contributed by atoms with E-state index in [1.54, 1.807) is 6.26 Å². The maximum Gasteiger partial charge on any atom is 0.354 e. The van der Waals surface area contributed by atoms with Crippen LogP contribution in [0.5, 0.6) is 0 Å². The molecule has 1 N–H and O–H groups in total. The summed E-state index contributed by atoms with van der Waals surface area (Å²) in [5, 5.41) is 3.30. The summed E-state index contributed by atoms with van der Waals surface area (Å²) in [4.78, 5) is 25.3. The molecule has 2 aliphatic carbocycles. The standard InChI is InChI=1S/C20H25NO4/c1-12-18-15(10-13(11-16(18)22)17-8-5-9-24-17)21-19(12)20(23)25-14-6-3-2-4-7-14/h5,8-9,13-15,18,21H,2-4,6-7,10-11H2,1H3. The Morgan fingerprint density at radius 3 is 2.80 bits per heavy atom. The molecule has 4 rings (SSSR count). The van der Waals surface area contributed by atoms with Crippen LogP contribution >= 0.6 is 0 Å². The van der Waals surface area contributed by atoms with E-state index in [-0.39, 0.29) is 35.7 Å². The van der Waals surface area contributed by atoms with E-state index in [4.69, 9.17) is 9.15 Å². The quantitative estimate of drug-likeness (QED) is 0.851. The van der Waals surface area contributed by atoms with Crippen LogP contribution in [0.4, 0.5) is 0 Å². The molecule has 0 bridgehead atoms. The number of hydrogen-bond donors (Lipinski definition) is 1. The Morgan fingerprint density at radius 2 is 2.08 bits per heavy atom. The first-order chi connectivity index (χ1) is 12.1. The van der Waals surface area contributed by atoms with Crippen molar-refractivity contribution in [1.82, 2.24) is 5.32 Å². The van der Waals surface area contributed by atoms with Gasteiger partial charge in [0.05, 0.1) is 12.2 Å². The number of esters is 1. The molecule has 3 atom stereocenters. The van der Waals surface area contributed by atoms with E-state index in [1.165, 1.54) is 6.42 Å². The van der Waals surface area contributed by atoms with Crippen LogP contribution in [-0.2, 0) is 14.3 Å². The molecular weight excluding hydrogens is 318 g/mol. The number of fused-ring (bicyclic) bond motifs is 1. The summed E-state index contributed by atoms with van der Waals surface area (Å²) in [6.45, 7) is 1.89. The Labute approximate surface area is 147 Å². The van der Waals surface area contributed by atoms with Gasteiger partial charge in [0.2, 0.25) is 0 Å². The number of ether oxygens (including phenoxy) is 1. The number of Topliss-reactive ketones (excluding diaryl/α,β-unsaturated/α-hetero) is 1. The minimum absolute atomic E-state index is 0.0255. The third-order valence-electron chi connectivity index (χ3n) is 5.90. The van der Waals surface area contributed by atoms with Crippen LogP contribution in [0.1, 0.15) is 63.5 Å². The normalized spacial score (nSPS) is 30.1. The van der Waals surface area contributed by atoms with Gasteiger partial charge in [-0.3, -0.25) is 4.79 Å². The number of nitrogens with one attached hydrogen (secondary N) is 1. The molecule has 3 aliphatic rings. The summed E-state index contributed by atoms with van der Waals surface area (Å²) in [6, 6.07) is 3.74. The molecular formula is C20H25NO4. The summed E-state index contributed by atoms with van der Waals surface area (Å²) >= 11 is 0. The molecule has 1 aromatic heterocycles. The number of carbonyl (C=O) groups excluding carboxylic acids is 2. The first-order valence-corrected chi connectivity index (χ1v) is 9.38. The summed E-state index contributed by atoms with van der Waals surface area (Å²) in [7, 11) is 0. The lowest BCUT2D eigenvalue weighted by atomic mass is 9.75. The topological polar surface area (TPSA) is 68.5 Å². The van der Waals surface area contributed by atoms with E-state index >= 15 is 0 Å². The molecule has 134 valence electrons. The number of hydrogen-bond acceptors (Lipinski definition) is 5. The molecule has 5 heteroatoms. The van der Waals surface area contributed by atoms with Gasteiger partial charge in [-0.05, 0) is 56.7 Å². The van der Waals surface area contributed by atoms with Gasteiger partial charge in [0.15, 0.2) is 0 Å². The fraction of sp³-hybridized carbons (Fsp3) is 0.600. The first-order valence-electron chi connectivity index (χ1n) is 9.38. The Kier molecular flexibility index (Phi) is 4.40. The summed E-state index contributed by atoms with van der Waals surface area (Å²) < 4.78 is 11.2. The van der Waals surface area contributed by atoms with Crippen LogP contribution in [0.25, 0.3) is 0 Å². The molecule has 0 saturated heterocycles. The Balaban J connectivity index is 1.46. The van der Waals surface area contributed by atoms with E-state index in [0.29, 0.717) is 12.1 Å². The van der Waals surface area contributed by atoms with Crippen molar-refractivity contribution < 1.29 is 18.7 Å². The zero-order valence-corrected chi connectivity index (χ0v) is 14.6. The lowest BCUT2D eigenvalue weighted by Crippen LogP contribution is -2.40. The minimum Gasteiger partial charge on any atom is -0.469 e. The maximum atomic E-state index is 12.7. The third kappa shape index (κ3) is 3.12. The largest absolute Gasteiger partial charge is 0.469 e. The van der Waals surface area contributed by atoms with Gasteiger partial charge in [-0.25, -0.2) is 4.79 Å². The average Bonchev–Trinajstić information content (AvgIpc) is 3.24. The summed E-state index contributed by atoms with van der Waals surface area (Å²) in [5.74, 6) is 0.617. The van der Waals surface area contributed by atoms with Gasteiger partial charge in [-0.1, -0.05) is 6.42 Å². The first kappa shape index (κ1) is 16.4. The predicted molar refractivity (Wildman–Crippen MR) is 91.8 cm³/mol. The predicted octanol–water partition coefficient (Wildman–Crippen LogP) is 3.46. The highest BCUT2D eigenvalue weighted by molar-refractivity contribution is 5.94. The highest BCUT2D eigenvalue weighted by Gasteiger charge is 2.45. The monoisotopic (exact) mass is 343 g/mol. The number of carbonyl (C=O) groups is 2. The van der Waals surface area contributed by atoms with Gasteiger partial charge < -0.3 is 14.5 Å². The van der Waals surface area contributed by atoms with Crippen molar-refractivity contribution in [1.29, 1.82) is 0 Å². The third-order valence-corrected chi connectivity index (χ3v) is 5.90. The van der Waals surface area contributed by atoms with E-state index < -0.39 is 0 Å². The van der Waals surface area contributed by atoms with Gasteiger partial charge in [0.1, 0.15) is 23.3 Å². The molecule has 5 nitrogen and oxygen atoms in total. The van der Waals surface area contributed by atoms with Crippen LogP contribution in [-0.4, -0.2) is 23.9 Å². The second-order valence-electron chi connectivity index (χ2n) is 7.57. The minimum atomic E-state index is -0.291. The molecule has 2 saturated carbocycles. The summed E-state index contributed by atoms with van der Waals surface area (Å²) in [6.07, 6.45) is 8.30. The zero-order valence-electron chi connectivity index (χ0n) is 14.6. The van der Waals surface area contributed by atoms with Gasteiger partial charge >= 0.3 is 5.97 Å². The van der Waals surface area contributed by atoms with Gasteiger partial charge in [-0.15, -0.1) is 0 Å². The van der Waals surface area contributed by atoms with Crippen molar-refractivity contribution in [2.24, 2.45) is 5.92 Å². The highest BCUT2D eigenvalue weighted by atomic mass is 16.5. The van der Waals surface area contributed by atoms with Crippen LogP contribution in [0.3, 0.4) is 0 Å². The second kappa shape index (κ2) is 6.70. The molecule has 1 aliphatic heterocycles. The Bertz CT molecular complexity index is 685. The van der Waals surface area contributed by atoms with Crippen molar-refractivity contribution >= 4 is 11.8 Å². The van der Waals surface area contributed by atoms with Crippen molar-refractivity contribution in [3.05, 3.63) is 35.4 Å². The zero-order chi connectivity index (χ0) is 17.4. The molecule has 0 aromatic carbocycles. The molecule has 25 heavy (non-hydrogen) atoms. The molecule has 0 amide bonds. The van der Waals surface area contributed by atoms with E-state index in [1.807, 2.05) is 19.1 Å². The maximum absolute atomic E-state index is 12.7. The van der Waals surface area contributed by atoms with Crippen LogP contribution in [0, 0.1) is 5.92 Å². The second-order valence-corrected chi connectivity index (χ2v) is 7.57. The molecule has 0 radical (unpaired) electrons. The highest BCUT2D eigenvalue weighted by Crippen LogP contribution is 2.41. The van der Waals surface area contributed by atoms with Crippen molar-refractivity contribution in [2.75, 3.05) is 0 Å². The number of rotatable bonds is 3. The van der Waals surface area contributed by atoms with Crippen LogP contribution in [0.15, 0.2) is 34.1 Å². The summed E-state index contributed by atoms with van der Waals surface area (Å²) in [5.41, 5.74) is 1.35. The molecule has 3 unspecified atom stereocenters. The lowest BCUT2D eigenvalue weighted by molar-refractivity contribution is -0.146. The molecule has 1 aromatic rings. The van der Waals surface area contributed by atoms with Gasteiger partial charge in [-0.2, -0.15) is 0 Å². The lowest BCUT2D eigenvalue weighted by Gasteiger charge is -2.30. The average molecular weight is 343 g/mol. The van der Waals surface area contributed by atoms with Crippen molar-refractivity contribution in [3.63, 3.8) is 0 Å². The SMILES string of the molecule is CC1=C(C(=O)OC2CCCCC2)NC2CC(c3ccco3)CC(=O)C12. The molecule has 0 spiro atoms. The van der Waals surface area contributed by atoms with Crippen LogP contribution in [0.2, 0.25) is 0 Å². The van der Waals surface area contributed by atoms with Gasteiger partial charge in [0, 0.05) is 18.4 Å². The molecule has 2 fully saturated rings. The Morgan fingerprint density at radius 1 is 1.28 bits per heavy atom. The Hall–Kier alpha value is -2.04. The van der Waals surface area contributed by atoms with Crippen LogP contribution < -0.4 is 5.32 Å². The number of ketones is 1.